The fraction of sp³-hybridized carbons (Fsp3) is 0.211. The number of ether oxygens (including phenoxy) is 1. The standard InChI is InChI=1S/C19H14F6N4O2/c1-9(18(20,21)22)30-15-5-4-11(6-13(15)19(23,24)25)17-28-16(29-31-17)10-2-3-12(8-26)14(27)7-10/h2-9,26H,27H2,1H3. The summed E-state index contributed by atoms with van der Waals surface area (Å²) < 4.78 is 87.8. The third-order valence-electron chi connectivity index (χ3n) is 4.22. The molecule has 3 N–H and O–H groups in total. The first-order valence-corrected chi connectivity index (χ1v) is 8.59. The van der Waals surface area contributed by atoms with E-state index in [1.165, 1.54) is 12.1 Å². The fourth-order valence-electron chi connectivity index (χ4n) is 2.55. The predicted octanol–water partition coefficient (Wildman–Crippen LogP) is 5.33. The molecule has 3 aromatic rings. The van der Waals surface area contributed by atoms with Crippen LogP contribution in [0.1, 0.15) is 18.1 Å². The maximum Gasteiger partial charge on any atom is 0.425 e. The SMILES string of the molecule is CC(Oc1ccc(-c2nc(-c3ccc(C=N)c(N)c3)no2)cc1C(F)(F)F)C(F)(F)F. The minimum absolute atomic E-state index is 0.0257. The van der Waals surface area contributed by atoms with Crippen molar-refractivity contribution in [2.75, 3.05) is 5.73 Å². The average molecular weight is 444 g/mol. The summed E-state index contributed by atoms with van der Waals surface area (Å²) in [5.74, 6) is -1.24. The smallest absolute Gasteiger partial charge is 0.425 e. The van der Waals surface area contributed by atoms with Gasteiger partial charge in [0, 0.05) is 28.6 Å². The monoisotopic (exact) mass is 444 g/mol. The number of aromatic nitrogens is 2. The van der Waals surface area contributed by atoms with Crippen LogP contribution in [-0.2, 0) is 6.18 Å². The lowest BCUT2D eigenvalue weighted by atomic mass is 10.1. The lowest BCUT2D eigenvalue weighted by Gasteiger charge is -2.20. The van der Waals surface area contributed by atoms with Gasteiger partial charge in [0.25, 0.3) is 5.89 Å². The Morgan fingerprint density at radius 2 is 1.74 bits per heavy atom. The summed E-state index contributed by atoms with van der Waals surface area (Å²) in [7, 11) is 0. The van der Waals surface area contributed by atoms with E-state index in [2.05, 4.69) is 14.9 Å². The number of benzene rings is 2. The summed E-state index contributed by atoms with van der Waals surface area (Å²) >= 11 is 0. The first-order chi connectivity index (χ1) is 14.4. The van der Waals surface area contributed by atoms with Gasteiger partial charge in [-0.1, -0.05) is 17.3 Å². The van der Waals surface area contributed by atoms with Gasteiger partial charge in [-0.2, -0.15) is 31.3 Å². The Morgan fingerprint density at radius 1 is 1.06 bits per heavy atom. The Hall–Kier alpha value is -3.57. The fourth-order valence-corrected chi connectivity index (χ4v) is 2.55. The zero-order valence-electron chi connectivity index (χ0n) is 15.7. The van der Waals surface area contributed by atoms with Crippen molar-refractivity contribution in [3.8, 4) is 28.6 Å². The van der Waals surface area contributed by atoms with Crippen molar-refractivity contribution in [2.45, 2.75) is 25.4 Å². The lowest BCUT2D eigenvalue weighted by Crippen LogP contribution is -2.31. The molecule has 0 aliphatic rings. The molecule has 1 atom stereocenters. The number of anilines is 1. The number of nitrogens with one attached hydrogen (secondary N) is 1. The molecule has 0 saturated carbocycles. The highest BCUT2D eigenvalue weighted by Gasteiger charge is 2.41. The number of nitrogen functional groups attached to an aromatic ring is 1. The summed E-state index contributed by atoms with van der Waals surface area (Å²) in [4.78, 5) is 4.02. The summed E-state index contributed by atoms with van der Waals surface area (Å²) in [5.41, 5.74) is 5.31. The maximum atomic E-state index is 13.4. The first kappa shape index (κ1) is 22.1. The van der Waals surface area contributed by atoms with Gasteiger partial charge in [-0.15, -0.1) is 0 Å². The minimum atomic E-state index is -4.99. The Balaban J connectivity index is 1.97. The molecule has 1 aromatic heterocycles. The average Bonchev–Trinajstić information content (AvgIpc) is 3.16. The van der Waals surface area contributed by atoms with Crippen LogP contribution in [0.15, 0.2) is 40.9 Å². The Labute approximate surface area is 171 Å². The van der Waals surface area contributed by atoms with Crippen molar-refractivity contribution in [2.24, 2.45) is 0 Å². The van der Waals surface area contributed by atoms with Crippen molar-refractivity contribution in [1.29, 1.82) is 5.41 Å². The van der Waals surface area contributed by atoms with Gasteiger partial charge in [-0.25, -0.2) is 0 Å². The maximum absolute atomic E-state index is 13.4. The van der Waals surface area contributed by atoms with Gasteiger partial charge in [0.15, 0.2) is 6.10 Å². The topological polar surface area (TPSA) is 98.0 Å². The van der Waals surface area contributed by atoms with Crippen LogP contribution in [0.25, 0.3) is 22.8 Å². The molecular weight excluding hydrogens is 430 g/mol. The molecule has 1 unspecified atom stereocenters. The molecule has 0 radical (unpaired) electrons. The largest absolute Gasteiger partial charge is 0.481 e. The zero-order chi connectivity index (χ0) is 23.0. The first-order valence-electron chi connectivity index (χ1n) is 8.59. The van der Waals surface area contributed by atoms with Gasteiger partial charge >= 0.3 is 12.4 Å². The van der Waals surface area contributed by atoms with Crippen molar-refractivity contribution in [3.63, 3.8) is 0 Å². The summed E-state index contributed by atoms with van der Waals surface area (Å²) in [6.07, 6.45) is -11.2. The van der Waals surface area contributed by atoms with E-state index in [9.17, 15) is 26.3 Å². The van der Waals surface area contributed by atoms with Crippen LogP contribution < -0.4 is 10.5 Å². The second kappa shape index (κ2) is 7.93. The van der Waals surface area contributed by atoms with E-state index in [0.717, 1.165) is 18.3 Å². The van der Waals surface area contributed by atoms with Crippen molar-refractivity contribution in [1.82, 2.24) is 10.1 Å². The molecule has 31 heavy (non-hydrogen) atoms. The highest BCUT2D eigenvalue weighted by atomic mass is 19.4. The number of halogens is 6. The van der Waals surface area contributed by atoms with Gasteiger partial charge in [0.1, 0.15) is 5.75 Å². The van der Waals surface area contributed by atoms with E-state index in [1.807, 2.05) is 0 Å². The molecule has 0 spiro atoms. The van der Waals surface area contributed by atoms with Gasteiger partial charge in [-0.3, -0.25) is 0 Å². The molecular formula is C19H14F6N4O2. The minimum Gasteiger partial charge on any atom is -0.481 e. The molecule has 0 amide bonds. The van der Waals surface area contributed by atoms with Crippen LogP contribution in [0.5, 0.6) is 5.75 Å². The van der Waals surface area contributed by atoms with Crippen LogP contribution in [0.2, 0.25) is 0 Å². The molecule has 0 fully saturated rings. The Bertz CT molecular complexity index is 1110. The molecule has 1 heterocycles. The zero-order valence-corrected chi connectivity index (χ0v) is 15.7. The van der Waals surface area contributed by atoms with Crippen LogP contribution >= 0.6 is 0 Å². The number of rotatable bonds is 5. The van der Waals surface area contributed by atoms with Crippen LogP contribution in [-0.4, -0.2) is 28.6 Å². The summed E-state index contributed by atoms with van der Waals surface area (Å²) in [6, 6.07) is 6.96. The lowest BCUT2D eigenvalue weighted by molar-refractivity contribution is -0.191. The molecule has 0 aliphatic heterocycles. The Kier molecular flexibility index (Phi) is 5.66. The van der Waals surface area contributed by atoms with Gasteiger partial charge in [0.05, 0.1) is 5.56 Å². The van der Waals surface area contributed by atoms with E-state index >= 15 is 0 Å². The van der Waals surface area contributed by atoms with Gasteiger partial charge in [0.2, 0.25) is 5.82 Å². The predicted molar refractivity (Wildman–Crippen MR) is 98.6 cm³/mol. The quantitative estimate of drug-likeness (QED) is 0.315. The number of nitrogens with zero attached hydrogens (tertiary/aromatic N) is 2. The number of alkyl halides is 6. The number of hydrogen-bond donors (Lipinski definition) is 2. The molecule has 164 valence electrons. The normalized spacial score (nSPS) is 13.1. The molecule has 0 aliphatic carbocycles. The van der Waals surface area contributed by atoms with E-state index in [1.54, 1.807) is 6.07 Å². The third-order valence-corrected chi connectivity index (χ3v) is 4.22. The highest BCUT2D eigenvalue weighted by molar-refractivity contribution is 5.86. The molecule has 0 saturated heterocycles. The van der Waals surface area contributed by atoms with Crippen LogP contribution in [0.3, 0.4) is 0 Å². The van der Waals surface area contributed by atoms with E-state index in [0.29, 0.717) is 24.1 Å². The molecule has 6 nitrogen and oxygen atoms in total. The third kappa shape index (κ3) is 4.78. The molecule has 3 rings (SSSR count). The second-order valence-electron chi connectivity index (χ2n) is 6.42. The van der Waals surface area contributed by atoms with Gasteiger partial charge < -0.3 is 20.4 Å². The highest BCUT2D eigenvalue weighted by Crippen LogP contribution is 2.40. The molecule has 0 bridgehead atoms. The van der Waals surface area contributed by atoms with Crippen LogP contribution in [0, 0.1) is 5.41 Å². The van der Waals surface area contributed by atoms with Crippen molar-refractivity contribution < 1.29 is 35.6 Å². The molecule has 2 aromatic carbocycles. The molecule has 12 heteroatoms. The van der Waals surface area contributed by atoms with Crippen LogP contribution in [0.4, 0.5) is 32.0 Å². The number of nitrogens with two attached hydrogens (primary N) is 1. The van der Waals surface area contributed by atoms with Gasteiger partial charge in [-0.05, 0) is 31.2 Å². The number of hydrogen-bond acceptors (Lipinski definition) is 6. The summed E-state index contributed by atoms with van der Waals surface area (Å²) in [6.45, 7) is 0.605. The Morgan fingerprint density at radius 3 is 2.32 bits per heavy atom. The van der Waals surface area contributed by atoms with E-state index < -0.39 is 29.8 Å². The second-order valence-corrected chi connectivity index (χ2v) is 6.42. The van der Waals surface area contributed by atoms with Crippen molar-refractivity contribution in [3.05, 3.63) is 47.5 Å². The van der Waals surface area contributed by atoms with Crippen molar-refractivity contribution >= 4 is 11.9 Å². The van der Waals surface area contributed by atoms with E-state index in [-0.39, 0.29) is 23.0 Å². The van der Waals surface area contributed by atoms with E-state index in [4.69, 9.17) is 15.7 Å². The summed E-state index contributed by atoms with van der Waals surface area (Å²) in [5, 5.41) is 10.9.